The molecule has 1 aromatic carbocycles. The molecule has 0 bridgehead atoms. The number of alkyl halides is 3. The molecule has 0 aliphatic heterocycles. The predicted molar refractivity (Wildman–Crippen MR) is 103 cm³/mol. The maximum Gasteiger partial charge on any atom is 0.490 e. The van der Waals surface area contributed by atoms with Crippen LogP contribution in [0.2, 0.25) is 0 Å². The molecular weight excluding hydrogens is 427 g/mol. The molecule has 0 heterocycles. The van der Waals surface area contributed by atoms with Crippen LogP contribution < -0.4 is 15.8 Å². The number of aliphatic carboxylic acids is 1. The van der Waals surface area contributed by atoms with E-state index in [0.717, 1.165) is 60.7 Å². The number of carbonyl (C=O) groups excluding carboxylic acids is 1. The number of hydrogen-bond donors (Lipinski definition) is 4. The first-order valence-corrected chi connectivity index (χ1v) is 10.7. The molecule has 3 rings (SSSR count). The zero-order chi connectivity index (χ0) is 22.5. The van der Waals surface area contributed by atoms with Crippen LogP contribution in [0, 0.1) is 0 Å². The van der Waals surface area contributed by atoms with Crippen LogP contribution in [-0.2, 0) is 40.5 Å². The van der Waals surface area contributed by atoms with Crippen LogP contribution in [0.5, 0.6) is 0 Å². The van der Waals surface area contributed by atoms with Gasteiger partial charge < -0.3 is 16.2 Å². The van der Waals surface area contributed by atoms with E-state index in [9.17, 15) is 26.4 Å². The quantitative estimate of drug-likeness (QED) is 0.556. The first-order chi connectivity index (χ1) is 13.9. The second-order valence-corrected chi connectivity index (χ2v) is 8.31. The molecule has 0 atom stereocenters. The molecule has 0 saturated heterocycles. The number of anilines is 1. The summed E-state index contributed by atoms with van der Waals surface area (Å²) in [4.78, 5) is 21.0. The van der Waals surface area contributed by atoms with E-state index in [4.69, 9.17) is 15.6 Å². The Morgan fingerprint density at radius 1 is 1.10 bits per heavy atom. The molecule has 0 spiro atoms. The van der Waals surface area contributed by atoms with Gasteiger partial charge in [-0.3, -0.25) is 0 Å². The number of carboxylic acids is 1. The minimum atomic E-state index is -5.08. The SMILES string of the molecule is NC/C=C/S(=O)(=O)NC(=O)Nc1c2c(cc3c1CCC3)CCC2.O=C(O)C(F)(F)F. The Labute approximate surface area is 171 Å². The molecule has 2 amide bonds. The molecule has 0 radical (unpaired) electrons. The topological polar surface area (TPSA) is 139 Å². The number of urea groups is 1. The van der Waals surface area contributed by atoms with Crippen molar-refractivity contribution in [3.05, 3.63) is 39.8 Å². The summed E-state index contributed by atoms with van der Waals surface area (Å²) in [5.74, 6) is -2.76. The molecule has 30 heavy (non-hydrogen) atoms. The highest BCUT2D eigenvalue weighted by Gasteiger charge is 2.38. The van der Waals surface area contributed by atoms with Crippen LogP contribution in [0.25, 0.3) is 0 Å². The number of benzene rings is 1. The van der Waals surface area contributed by atoms with Gasteiger partial charge in [0.2, 0.25) is 0 Å². The number of carbonyl (C=O) groups is 2. The van der Waals surface area contributed by atoms with Crippen molar-refractivity contribution in [3.8, 4) is 0 Å². The third-order valence-corrected chi connectivity index (χ3v) is 5.62. The van der Waals surface area contributed by atoms with Crippen molar-refractivity contribution in [2.75, 3.05) is 11.9 Å². The summed E-state index contributed by atoms with van der Waals surface area (Å²) in [7, 11) is -3.81. The lowest BCUT2D eigenvalue weighted by atomic mass is 9.99. The molecule has 0 saturated carbocycles. The molecule has 1 aromatic rings. The van der Waals surface area contributed by atoms with E-state index in [1.165, 1.54) is 17.2 Å². The van der Waals surface area contributed by atoms with Gasteiger partial charge in [0.1, 0.15) is 0 Å². The third-order valence-electron chi connectivity index (χ3n) is 4.60. The zero-order valence-electron chi connectivity index (χ0n) is 15.9. The van der Waals surface area contributed by atoms with Crippen molar-refractivity contribution >= 4 is 27.7 Å². The second-order valence-electron chi connectivity index (χ2n) is 6.75. The van der Waals surface area contributed by atoms with Crippen LogP contribution in [-0.4, -0.2) is 38.2 Å². The normalized spacial score (nSPS) is 15.2. The van der Waals surface area contributed by atoms with Gasteiger partial charge in [0.25, 0.3) is 10.0 Å². The maximum absolute atomic E-state index is 12.1. The zero-order valence-corrected chi connectivity index (χ0v) is 16.7. The molecular formula is C18H22F3N3O5S. The Hall–Kier alpha value is -2.60. The number of hydrogen-bond acceptors (Lipinski definition) is 5. The number of rotatable bonds is 4. The Morgan fingerprint density at radius 2 is 1.60 bits per heavy atom. The fourth-order valence-electron chi connectivity index (χ4n) is 3.45. The molecule has 2 aliphatic rings. The van der Waals surface area contributed by atoms with E-state index in [0.29, 0.717) is 0 Å². The number of nitrogens with two attached hydrogens (primary N) is 1. The molecule has 12 heteroatoms. The number of aryl methyl sites for hydroxylation is 2. The number of nitrogens with one attached hydrogen (secondary N) is 2. The van der Waals surface area contributed by atoms with Gasteiger partial charge in [0, 0.05) is 17.6 Å². The van der Waals surface area contributed by atoms with Crippen molar-refractivity contribution in [1.82, 2.24) is 4.72 Å². The number of sulfonamides is 1. The maximum atomic E-state index is 12.1. The fraction of sp³-hybridized carbons (Fsp3) is 0.444. The molecule has 8 nitrogen and oxygen atoms in total. The molecule has 0 aromatic heterocycles. The molecule has 0 unspecified atom stereocenters. The monoisotopic (exact) mass is 449 g/mol. The van der Waals surface area contributed by atoms with Crippen molar-refractivity contribution in [2.45, 2.75) is 44.7 Å². The van der Waals surface area contributed by atoms with E-state index < -0.39 is 28.2 Å². The third kappa shape index (κ3) is 6.20. The average Bonchev–Trinajstić information content (AvgIpc) is 3.28. The van der Waals surface area contributed by atoms with Crippen LogP contribution in [0.3, 0.4) is 0 Å². The van der Waals surface area contributed by atoms with Gasteiger partial charge in [0.15, 0.2) is 0 Å². The smallest absolute Gasteiger partial charge is 0.475 e. The van der Waals surface area contributed by atoms with E-state index >= 15 is 0 Å². The largest absolute Gasteiger partial charge is 0.490 e. The first kappa shape index (κ1) is 23.7. The predicted octanol–water partition coefficient (Wildman–Crippen LogP) is 2.22. The summed E-state index contributed by atoms with van der Waals surface area (Å²) in [6.07, 6.45) is 2.26. The Kier molecular flexibility index (Phi) is 7.48. The van der Waals surface area contributed by atoms with Crippen LogP contribution in [0.4, 0.5) is 23.7 Å². The summed E-state index contributed by atoms with van der Waals surface area (Å²) >= 11 is 0. The highest BCUT2D eigenvalue weighted by molar-refractivity contribution is 7.92. The summed E-state index contributed by atoms with van der Waals surface area (Å²) in [5.41, 5.74) is 10.9. The van der Waals surface area contributed by atoms with E-state index in [-0.39, 0.29) is 6.54 Å². The number of amides is 2. The summed E-state index contributed by atoms with van der Waals surface area (Å²) in [6, 6.07) is 1.54. The van der Waals surface area contributed by atoms with Gasteiger partial charge in [-0.25, -0.2) is 22.7 Å². The van der Waals surface area contributed by atoms with Crippen LogP contribution >= 0.6 is 0 Å². The van der Waals surface area contributed by atoms with Crippen LogP contribution in [0.15, 0.2) is 17.6 Å². The fourth-order valence-corrected chi connectivity index (χ4v) is 4.19. The van der Waals surface area contributed by atoms with E-state index in [1.54, 1.807) is 0 Å². The lowest BCUT2D eigenvalue weighted by Gasteiger charge is -2.16. The highest BCUT2D eigenvalue weighted by atomic mass is 32.2. The number of halogens is 3. The Morgan fingerprint density at radius 3 is 2.03 bits per heavy atom. The van der Waals surface area contributed by atoms with Gasteiger partial charge in [0.05, 0.1) is 0 Å². The van der Waals surface area contributed by atoms with Crippen molar-refractivity contribution in [1.29, 1.82) is 0 Å². The van der Waals surface area contributed by atoms with Crippen molar-refractivity contribution in [3.63, 3.8) is 0 Å². The standard InChI is InChI=1S/C16H21N3O3S.C2HF3O2/c17-8-3-9-23(21,22)19-16(20)18-15-13-6-1-4-11(13)10-12-5-2-7-14(12)15;3-2(4,5)1(6)7/h3,9-10H,1-2,4-8,17H2,(H2,18,19,20);(H,6,7)/b9-3+;. The lowest BCUT2D eigenvalue weighted by molar-refractivity contribution is -0.192. The molecule has 5 N–H and O–H groups in total. The number of carboxylic acid groups (broad SMARTS) is 1. The van der Waals surface area contributed by atoms with Gasteiger partial charge in [-0.2, -0.15) is 13.2 Å². The molecule has 166 valence electrons. The Balaban J connectivity index is 0.000000396. The van der Waals surface area contributed by atoms with Crippen LogP contribution in [0.1, 0.15) is 35.1 Å². The van der Waals surface area contributed by atoms with Crippen molar-refractivity contribution < 1.29 is 36.3 Å². The second kappa shape index (κ2) is 9.47. The summed E-state index contributed by atoms with van der Waals surface area (Å²) < 4.78 is 57.2. The average molecular weight is 449 g/mol. The lowest BCUT2D eigenvalue weighted by Crippen LogP contribution is -2.33. The van der Waals surface area contributed by atoms with E-state index in [1.807, 2.05) is 4.72 Å². The highest BCUT2D eigenvalue weighted by Crippen LogP contribution is 2.38. The van der Waals surface area contributed by atoms with E-state index in [2.05, 4.69) is 11.4 Å². The van der Waals surface area contributed by atoms with Crippen molar-refractivity contribution in [2.24, 2.45) is 5.73 Å². The Bertz CT molecular complexity index is 927. The van der Waals surface area contributed by atoms with Gasteiger partial charge in [-0.1, -0.05) is 12.1 Å². The van der Waals surface area contributed by atoms with Gasteiger partial charge >= 0.3 is 18.2 Å². The van der Waals surface area contributed by atoms with Gasteiger partial charge in [-0.05, 0) is 60.8 Å². The molecule has 2 aliphatic carbocycles. The molecule has 0 fully saturated rings. The minimum absolute atomic E-state index is 0.0994. The minimum Gasteiger partial charge on any atom is -0.475 e. The summed E-state index contributed by atoms with van der Waals surface area (Å²) in [6.45, 7) is 0.0994. The summed E-state index contributed by atoms with van der Waals surface area (Å²) in [5, 5.41) is 10.8. The number of fused-ring (bicyclic) bond motifs is 2. The van der Waals surface area contributed by atoms with Gasteiger partial charge in [-0.15, -0.1) is 0 Å². The first-order valence-electron chi connectivity index (χ1n) is 9.11.